The van der Waals surface area contributed by atoms with Crippen molar-refractivity contribution < 1.29 is 13.2 Å². The van der Waals surface area contributed by atoms with E-state index in [2.05, 4.69) is 25.5 Å². The highest BCUT2D eigenvalue weighted by atomic mass is 32.2. The number of nitrogens with one attached hydrogen (secondary N) is 1. The highest BCUT2D eigenvalue weighted by molar-refractivity contribution is 7.89. The minimum atomic E-state index is -3.60. The van der Waals surface area contributed by atoms with E-state index in [-0.39, 0.29) is 22.6 Å². The largest absolute Gasteiger partial charge is 0.288 e. The molecule has 0 aliphatic heterocycles. The van der Waals surface area contributed by atoms with Gasteiger partial charge < -0.3 is 0 Å². The van der Waals surface area contributed by atoms with Gasteiger partial charge in [0.1, 0.15) is 0 Å². The topological polar surface area (TPSA) is 63.2 Å². The number of carbonyl (C=O) groups excluding carboxylic acids is 1. The first-order chi connectivity index (χ1) is 12.7. The van der Waals surface area contributed by atoms with Gasteiger partial charge in [0.2, 0.25) is 15.8 Å². The van der Waals surface area contributed by atoms with Gasteiger partial charge in [-0.1, -0.05) is 32.9 Å². The Morgan fingerprint density at radius 1 is 1.04 bits per heavy atom. The monoisotopic (exact) mass is 419 g/mol. The summed E-state index contributed by atoms with van der Waals surface area (Å²) in [6.07, 6.45) is 0. The molecule has 3 aromatic rings. The van der Waals surface area contributed by atoms with E-state index >= 15 is 0 Å². The van der Waals surface area contributed by atoms with Crippen LogP contribution in [0.1, 0.15) is 46.4 Å². The minimum Gasteiger partial charge on any atom is -0.288 e. The number of hydrogen-bond acceptors (Lipinski definition) is 5. The number of carbonyl (C=O) groups is 1. The molecular weight excluding hydrogens is 398 g/mol. The first-order valence-electron chi connectivity index (χ1n) is 8.43. The van der Waals surface area contributed by atoms with Crippen LogP contribution in [0.2, 0.25) is 0 Å². The Morgan fingerprint density at radius 3 is 2.33 bits per heavy atom. The van der Waals surface area contributed by atoms with Crippen LogP contribution < -0.4 is 4.72 Å². The summed E-state index contributed by atoms with van der Waals surface area (Å²) in [6, 6.07) is 12.3. The maximum atomic E-state index is 12.5. The molecule has 3 rings (SSSR count). The van der Waals surface area contributed by atoms with Crippen molar-refractivity contribution in [3.63, 3.8) is 0 Å². The third-order valence-corrected chi connectivity index (χ3v) is 7.32. The van der Waals surface area contributed by atoms with Crippen molar-refractivity contribution in [1.82, 2.24) is 4.72 Å². The number of ketones is 1. The summed E-state index contributed by atoms with van der Waals surface area (Å²) >= 11 is 2.78. The molecule has 4 nitrogen and oxygen atoms in total. The first-order valence-corrected chi connectivity index (χ1v) is 11.7. The van der Waals surface area contributed by atoms with Gasteiger partial charge in [-0.25, -0.2) is 13.1 Å². The zero-order valence-electron chi connectivity index (χ0n) is 15.4. The Bertz CT molecular complexity index is 1030. The summed E-state index contributed by atoms with van der Waals surface area (Å²) in [5, 5.41) is 3.67. The fourth-order valence-corrected chi connectivity index (χ4v) is 5.16. The maximum absolute atomic E-state index is 12.5. The Hall–Kier alpha value is -1.80. The fraction of sp³-hybridized carbons (Fsp3) is 0.250. The molecule has 0 bridgehead atoms. The van der Waals surface area contributed by atoms with Crippen molar-refractivity contribution in [3.8, 4) is 0 Å². The van der Waals surface area contributed by atoms with E-state index in [1.165, 1.54) is 22.7 Å². The number of hydrogen-bond donors (Lipinski definition) is 1. The highest BCUT2D eigenvalue weighted by Crippen LogP contribution is 2.24. The quantitative estimate of drug-likeness (QED) is 0.583. The molecule has 142 valence electrons. The fourth-order valence-electron chi connectivity index (χ4n) is 2.51. The third kappa shape index (κ3) is 4.73. The van der Waals surface area contributed by atoms with Crippen molar-refractivity contribution in [2.45, 2.75) is 37.6 Å². The molecular formula is C20H21NO3S3. The van der Waals surface area contributed by atoms with Gasteiger partial charge in [0.05, 0.1) is 9.77 Å². The van der Waals surface area contributed by atoms with Crippen molar-refractivity contribution >= 4 is 38.5 Å². The second kappa shape index (κ2) is 7.67. The first kappa shape index (κ1) is 19.9. The van der Waals surface area contributed by atoms with Gasteiger partial charge in [-0.2, -0.15) is 11.3 Å². The van der Waals surface area contributed by atoms with Crippen LogP contribution in [0.25, 0.3) is 0 Å². The lowest BCUT2D eigenvalue weighted by Crippen LogP contribution is -2.23. The van der Waals surface area contributed by atoms with Crippen LogP contribution >= 0.6 is 22.7 Å². The Morgan fingerprint density at radius 2 is 1.74 bits per heavy atom. The molecule has 0 atom stereocenters. The lowest BCUT2D eigenvalue weighted by atomic mass is 9.87. The van der Waals surface area contributed by atoms with Crippen molar-refractivity contribution in [2.75, 3.05) is 0 Å². The van der Waals surface area contributed by atoms with Crippen LogP contribution in [0.4, 0.5) is 0 Å². The van der Waals surface area contributed by atoms with Gasteiger partial charge >= 0.3 is 0 Å². The Balaban J connectivity index is 1.68. The lowest BCUT2D eigenvalue weighted by Gasteiger charge is -2.19. The van der Waals surface area contributed by atoms with Crippen molar-refractivity contribution in [1.29, 1.82) is 0 Å². The molecule has 0 fully saturated rings. The van der Waals surface area contributed by atoms with Gasteiger partial charge in [-0.15, -0.1) is 11.3 Å². The summed E-state index contributed by atoms with van der Waals surface area (Å²) < 4.78 is 27.7. The summed E-state index contributed by atoms with van der Waals surface area (Å²) in [7, 11) is -3.60. The molecule has 2 aromatic heterocycles. The summed E-state index contributed by atoms with van der Waals surface area (Å²) in [6.45, 7) is 6.41. The van der Waals surface area contributed by atoms with E-state index < -0.39 is 10.0 Å². The van der Waals surface area contributed by atoms with Gasteiger partial charge in [0.25, 0.3) is 0 Å². The molecule has 0 aliphatic rings. The molecule has 27 heavy (non-hydrogen) atoms. The van der Waals surface area contributed by atoms with E-state index in [1.54, 1.807) is 30.3 Å². The molecule has 0 saturated carbocycles. The van der Waals surface area contributed by atoms with Crippen LogP contribution in [0.5, 0.6) is 0 Å². The molecule has 7 heteroatoms. The third-order valence-electron chi connectivity index (χ3n) is 4.14. The maximum Gasteiger partial charge on any atom is 0.240 e. The van der Waals surface area contributed by atoms with Crippen LogP contribution in [0.3, 0.4) is 0 Å². The average molecular weight is 420 g/mol. The molecule has 0 radical (unpaired) electrons. The van der Waals surface area contributed by atoms with E-state index in [4.69, 9.17) is 0 Å². The molecule has 0 amide bonds. The minimum absolute atomic E-state index is 0.0297. The van der Waals surface area contributed by atoms with E-state index in [9.17, 15) is 13.2 Å². The Kier molecular flexibility index (Phi) is 5.67. The smallest absolute Gasteiger partial charge is 0.240 e. The zero-order chi connectivity index (χ0) is 19.7. The number of sulfonamides is 1. The molecule has 0 spiro atoms. The zero-order valence-corrected chi connectivity index (χ0v) is 17.8. The van der Waals surface area contributed by atoms with Crippen LogP contribution in [-0.4, -0.2) is 14.2 Å². The van der Waals surface area contributed by atoms with Crippen LogP contribution in [0.15, 0.2) is 58.1 Å². The van der Waals surface area contributed by atoms with Crippen LogP contribution in [0, 0.1) is 0 Å². The van der Waals surface area contributed by atoms with Gasteiger partial charge in [0, 0.05) is 22.4 Å². The average Bonchev–Trinajstić information content (AvgIpc) is 3.31. The van der Waals surface area contributed by atoms with Crippen molar-refractivity contribution in [2.24, 2.45) is 0 Å². The van der Waals surface area contributed by atoms with Gasteiger partial charge in [0.15, 0.2) is 0 Å². The summed E-state index contributed by atoms with van der Waals surface area (Å²) in [5.74, 6) is -0.0341. The number of benzene rings is 1. The highest BCUT2D eigenvalue weighted by Gasteiger charge is 2.18. The van der Waals surface area contributed by atoms with Crippen LogP contribution in [-0.2, 0) is 22.0 Å². The standard InChI is InChI=1S/C20H21NO3S3/c1-20(2,3)15-4-7-17(8-5-15)27(23,24)21-12-16-6-9-18(26-16)19(22)14-10-11-25-13-14/h4-11,13,21H,12H2,1-3H3. The lowest BCUT2D eigenvalue weighted by molar-refractivity contribution is 0.104. The predicted octanol–water partition coefficient (Wildman–Crippen LogP) is 4.82. The second-order valence-corrected chi connectivity index (χ2v) is 10.9. The normalized spacial score (nSPS) is 12.3. The molecule has 0 aliphatic carbocycles. The predicted molar refractivity (Wildman–Crippen MR) is 111 cm³/mol. The molecule has 2 heterocycles. The molecule has 0 unspecified atom stereocenters. The van der Waals surface area contributed by atoms with E-state index in [0.29, 0.717) is 10.4 Å². The van der Waals surface area contributed by atoms with Gasteiger partial charge in [-0.05, 0) is 46.7 Å². The number of thiophene rings is 2. The SMILES string of the molecule is CC(C)(C)c1ccc(S(=O)(=O)NCc2ccc(C(=O)c3ccsc3)s2)cc1. The molecule has 0 saturated heterocycles. The van der Waals surface area contributed by atoms with E-state index in [0.717, 1.165) is 10.4 Å². The van der Waals surface area contributed by atoms with Crippen molar-refractivity contribution in [3.05, 3.63) is 74.1 Å². The van der Waals surface area contributed by atoms with E-state index in [1.807, 2.05) is 22.9 Å². The second-order valence-electron chi connectivity index (χ2n) is 7.21. The summed E-state index contributed by atoms with van der Waals surface area (Å²) in [4.78, 5) is 14.0. The van der Waals surface area contributed by atoms with Gasteiger partial charge in [-0.3, -0.25) is 4.79 Å². The Labute approximate surface area is 167 Å². The molecule has 1 N–H and O–H groups in total. The summed E-state index contributed by atoms with van der Waals surface area (Å²) in [5.41, 5.74) is 1.71. The number of rotatable bonds is 6. The molecule has 1 aromatic carbocycles.